The number of anilines is 1. The molecule has 2 aromatic heterocycles. The number of hydrogen-bond acceptors (Lipinski definition) is 3. The van der Waals surface area contributed by atoms with Gasteiger partial charge in [-0.15, -0.1) is 12.4 Å². The van der Waals surface area contributed by atoms with E-state index in [1.165, 1.54) is 0 Å². The van der Waals surface area contributed by atoms with Crippen LogP contribution in [0.1, 0.15) is 12.6 Å². The van der Waals surface area contributed by atoms with Gasteiger partial charge < -0.3 is 5.73 Å². The zero-order chi connectivity index (χ0) is 13.2. The van der Waals surface area contributed by atoms with E-state index >= 15 is 0 Å². The van der Waals surface area contributed by atoms with E-state index < -0.39 is 0 Å². The van der Waals surface area contributed by atoms with Crippen LogP contribution in [0.15, 0.2) is 48.5 Å². The number of halogens is 1. The van der Waals surface area contributed by atoms with Crippen LogP contribution >= 0.6 is 12.4 Å². The van der Waals surface area contributed by atoms with Crippen molar-refractivity contribution in [3.05, 3.63) is 54.2 Å². The molecule has 0 bridgehead atoms. The monoisotopic (exact) mass is 285 g/mol. The summed E-state index contributed by atoms with van der Waals surface area (Å²) in [6, 6.07) is 16.0. The van der Waals surface area contributed by atoms with Crippen LogP contribution in [0.3, 0.4) is 0 Å². The Hall–Kier alpha value is -2.13. The standard InChI is InChI=1S/C16H15N3.ClH/c1-2-12-7-5-9-14(18-12)15-10-11-6-3-4-8-13(11)16(17)19-15;/h3-10H,2H2,1H3,(H2,17,19);1H. The number of benzene rings is 1. The predicted octanol–water partition coefficient (Wildman–Crippen LogP) is 3.86. The molecule has 102 valence electrons. The SMILES string of the molecule is CCc1cccc(-c2cc3ccccc3c(N)n2)n1.Cl. The molecule has 4 heteroatoms. The molecule has 0 amide bonds. The Kier molecular flexibility index (Phi) is 4.20. The third kappa shape index (κ3) is 2.58. The van der Waals surface area contributed by atoms with Gasteiger partial charge in [0.05, 0.1) is 11.4 Å². The molecule has 0 aliphatic carbocycles. The zero-order valence-electron chi connectivity index (χ0n) is 11.2. The number of nitrogen functional groups attached to an aromatic ring is 1. The predicted molar refractivity (Wildman–Crippen MR) is 86.0 cm³/mol. The van der Waals surface area contributed by atoms with Crippen molar-refractivity contribution in [1.29, 1.82) is 0 Å². The van der Waals surface area contributed by atoms with Gasteiger partial charge in [0.25, 0.3) is 0 Å². The molecular weight excluding hydrogens is 270 g/mol. The highest BCUT2D eigenvalue weighted by Gasteiger charge is 2.06. The normalized spacial score (nSPS) is 10.2. The van der Waals surface area contributed by atoms with Gasteiger partial charge in [0.15, 0.2) is 0 Å². The van der Waals surface area contributed by atoms with Crippen molar-refractivity contribution in [1.82, 2.24) is 9.97 Å². The second kappa shape index (κ2) is 5.88. The summed E-state index contributed by atoms with van der Waals surface area (Å²) in [5.41, 5.74) is 8.78. The second-order valence-corrected chi connectivity index (χ2v) is 4.48. The Morgan fingerprint density at radius 1 is 0.950 bits per heavy atom. The van der Waals surface area contributed by atoms with Crippen LogP contribution < -0.4 is 5.73 Å². The number of aryl methyl sites for hydroxylation is 1. The van der Waals surface area contributed by atoms with Crippen molar-refractivity contribution in [2.24, 2.45) is 0 Å². The van der Waals surface area contributed by atoms with Crippen LogP contribution in [0, 0.1) is 0 Å². The Labute approximate surface area is 124 Å². The molecule has 0 unspecified atom stereocenters. The summed E-state index contributed by atoms with van der Waals surface area (Å²) in [5.74, 6) is 0.553. The Balaban J connectivity index is 0.00000147. The van der Waals surface area contributed by atoms with E-state index in [-0.39, 0.29) is 12.4 Å². The molecule has 2 heterocycles. The molecule has 0 saturated heterocycles. The highest BCUT2D eigenvalue weighted by molar-refractivity contribution is 5.93. The molecule has 0 radical (unpaired) electrons. The first-order valence-electron chi connectivity index (χ1n) is 6.39. The summed E-state index contributed by atoms with van der Waals surface area (Å²) >= 11 is 0. The van der Waals surface area contributed by atoms with Gasteiger partial charge in [0, 0.05) is 11.1 Å². The molecule has 0 aliphatic heterocycles. The van der Waals surface area contributed by atoms with Gasteiger partial charge in [-0.3, -0.25) is 4.98 Å². The summed E-state index contributed by atoms with van der Waals surface area (Å²) in [6.45, 7) is 2.09. The minimum Gasteiger partial charge on any atom is -0.383 e. The third-order valence-electron chi connectivity index (χ3n) is 3.20. The number of nitrogens with two attached hydrogens (primary N) is 1. The first-order valence-corrected chi connectivity index (χ1v) is 6.39. The van der Waals surface area contributed by atoms with Gasteiger partial charge in [-0.2, -0.15) is 0 Å². The fourth-order valence-electron chi connectivity index (χ4n) is 2.18. The number of aromatic nitrogens is 2. The van der Waals surface area contributed by atoms with E-state index in [0.29, 0.717) is 5.82 Å². The fraction of sp³-hybridized carbons (Fsp3) is 0.125. The molecule has 0 saturated carbocycles. The maximum atomic E-state index is 6.03. The number of nitrogens with zero attached hydrogens (tertiary/aromatic N) is 2. The number of hydrogen-bond donors (Lipinski definition) is 1. The van der Waals surface area contributed by atoms with Crippen LogP contribution in [0.5, 0.6) is 0 Å². The van der Waals surface area contributed by atoms with E-state index in [9.17, 15) is 0 Å². The number of pyridine rings is 2. The Morgan fingerprint density at radius 3 is 2.55 bits per heavy atom. The van der Waals surface area contributed by atoms with E-state index in [2.05, 4.69) is 16.9 Å². The lowest BCUT2D eigenvalue weighted by Crippen LogP contribution is -1.96. The smallest absolute Gasteiger partial charge is 0.132 e. The molecule has 3 nitrogen and oxygen atoms in total. The van der Waals surface area contributed by atoms with Gasteiger partial charge >= 0.3 is 0 Å². The number of fused-ring (bicyclic) bond motifs is 1. The Morgan fingerprint density at radius 2 is 1.75 bits per heavy atom. The minimum atomic E-state index is 0. The van der Waals surface area contributed by atoms with Crippen LogP contribution in [-0.2, 0) is 6.42 Å². The maximum Gasteiger partial charge on any atom is 0.132 e. The summed E-state index contributed by atoms with van der Waals surface area (Å²) in [4.78, 5) is 9.05. The maximum absolute atomic E-state index is 6.03. The first kappa shape index (κ1) is 14.3. The molecule has 3 aromatic rings. The van der Waals surface area contributed by atoms with E-state index in [4.69, 9.17) is 5.73 Å². The molecule has 0 atom stereocenters. The van der Waals surface area contributed by atoms with Crippen molar-refractivity contribution in [2.75, 3.05) is 5.73 Å². The lowest BCUT2D eigenvalue weighted by Gasteiger charge is -2.06. The molecule has 0 aliphatic rings. The summed E-state index contributed by atoms with van der Waals surface area (Å²) in [5, 5.41) is 2.08. The molecule has 20 heavy (non-hydrogen) atoms. The van der Waals surface area contributed by atoms with Gasteiger partial charge in [-0.25, -0.2) is 4.98 Å². The van der Waals surface area contributed by atoms with Crippen molar-refractivity contribution in [3.63, 3.8) is 0 Å². The van der Waals surface area contributed by atoms with Gasteiger partial charge in [-0.1, -0.05) is 37.3 Å². The molecule has 1 aromatic carbocycles. The molecule has 3 rings (SSSR count). The second-order valence-electron chi connectivity index (χ2n) is 4.48. The van der Waals surface area contributed by atoms with E-state index in [0.717, 1.165) is 34.3 Å². The van der Waals surface area contributed by atoms with Gasteiger partial charge in [-0.05, 0) is 30.0 Å². The summed E-state index contributed by atoms with van der Waals surface area (Å²) in [6.07, 6.45) is 0.914. The largest absolute Gasteiger partial charge is 0.383 e. The van der Waals surface area contributed by atoms with Crippen molar-refractivity contribution in [2.45, 2.75) is 13.3 Å². The lowest BCUT2D eigenvalue weighted by atomic mass is 10.1. The molecule has 2 N–H and O–H groups in total. The molecule has 0 spiro atoms. The highest BCUT2D eigenvalue weighted by atomic mass is 35.5. The average molecular weight is 286 g/mol. The first-order chi connectivity index (χ1) is 9.28. The molecular formula is C16H16ClN3. The van der Waals surface area contributed by atoms with E-state index in [1.807, 2.05) is 48.5 Å². The molecule has 0 fully saturated rings. The topological polar surface area (TPSA) is 51.8 Å². The highest BCUT2D eigenvalue weighted by Crippen LogP contribution is 2.25. The summed E-state index contributed by atoms with van der Waals surface area (Å²) in [7, 11) is 0. The Bertz CT molecular complexity index is 741. The van der Waals surface area contributed by atoms with Crippen LogP contribution in [0.2, 0.25) is 0 Å². The van der Waals surface area contributed by atoms with Crippen LogP contribution in [0.25, 0.3) is 22.2 Å². The number of rotatable bonds is 2. The van der Waals surface area contributed by atoms with Gasteiger partial charge in [0.1, 0.15) is 5.82 Å². The van der Waals surface area contributed by atoms with Crippen molar-refractivity contribution < 1.29 is 0 Å². The summed E-state index contributed by atoms with van der Waals surface area (Å²) < 4.78 is 0. The van der Waals surface area contributed by atoms with Crippen LogP contribution in [-0.4, -0.2) is 9.97 Å². The van der Waals surface area contributed by atoms with Crippen LogP contribution in [0.4, 0.5) is 5.82 Å². The van der Waals surface area contributed by atoms with Crippen molar-refractivity contribution >= 4 is 29.0 Å². The average Bonchev–Trinajstić information content (AvgIpc) is 2.47. The lowest BCUT2D eigenvalue weighted by molar-refractivity contribution is 1.04. The third-order valence-corrected chi connectivity index (χ3v) is 3.20. The van der Waals surface area contributed by atoms with Gasteiger partial charge in [0.2, 0.25) is 0 Å². The fourth-order valence-corrected chi connectivity index (χ4v) is 2.18. The minimum absolute atomic E-state index is 0. The quantitative estimate of drug-likeness (QED) is 0.778. The van der Waals surface area contributed by atoms with E-state index in [1.54, 1.807) is 0 Å². The van der Waals surface area contributed by atoms with Crippen molar-refractivity contribution in [3.8, 4) is 11.4 Å². The zero-order valence-corrected chi connectivity index (χ0v) is 12.0.